The molecule has 2 heteroatoms. The number of ether oxygens (including phenoxy) is 2. The molecular formula is C13H14O2. The molecule has 2 nitrogen and oxygen atoms in total. The molecule has 0 N–H and O–H groups in total. The fraction of sp³-hybridized carbons (Fsp3) is 0.385. The van der Waals surface area contributed by atoms with Gasteiger partial charge in [0.1, 0.15) is 11.4 Å². The molecule has 1 fully saturated rings. The van der Waals surface area contributed by atoms with Crippen LogP contribution in [0.2, 0.25) is 0 Å². The van der Waals surface area contributed by atoms with Crippen molar-refractivity contribution in [1.82, 2.24) is 0 Å². The summed E-state index contributed by atoms with van der Waals surface area (Å²) >= 11 is 0. The van der Waals surface area contributed by atoms with E-state index in [1.165, 1.54) is 5.56 Å². The summed E-state index contributed by atoms with van der Waals surface area (Å²) in [6, 6.07) is 8.16. The largest absolute Gasteiger partial charge is 0.497 e. The summed E-state index contributed by atoms with van der Waals surface area (Å²) in [6.45, 7) is 0. The summed E-state index contributed by atoms with van der Waals surface area (Å²) < 4.78 is 11.2. The Balaban J connectivity index is 2.02. The van der Waals surface area contributed by atoms with Crippen LogP contribution >= 0.6 is 0 Å². The standard InChI is InChI=1S/C13H14O2/c1-14-12-4-2-3-10(9-12)13-7-5-11(15-13)6-8-13/h2-5,7,9,11H,6,8H2,1H3. The lowest BCUT2D eigenvalue weighted by atomic mass is 9.88. The minimum Gasteiger partial charge on any atom is -0.497 e. The predicted molar refractivity (Wildman–Crippen MR) is 57.9 cm³/mol. The van der Waals surface area contributed by atoms with E-state index >= 15 is 0 Å². The van der Waals surface area contributed by atoms with Crippen LogP contribution in [0.15, 0.2) is 36.4 Å². The molecule has 15 heavy (non-hydrogen) atoms. The van der Waals surface area contributed by atoms with Crippen molar-refractivity contribution in [2.24, 2.45) is 0 Å². The minimum atomic E-state index is -0.167. The normalized spacial score (nSPS) is 32.2. The maximum atomic E-state index is 5.98. The monoisotopic (exact) mass is 202 g/mol. The zero-order chi connectivity index (χ0) is 10.3. The number of methoxy groups -OCH3 is 1. The lowest BCUT2D eigenvalue weighted by molar-refractivity contribution is 0.0295. The Hall–Kier alpha value is -1.28. The van der Waals surface area contributed by atoms with Crippen molar-refractivity contribution in [2.45, 2.75) is 24.5 Å². The Morgan fingerprint density at radius 3 is 3.00 bits per heavy atom. The minimum absolute atomic E-state index is 0.167. The third-order valence-electron chi connectivity index (χ3n) is 3.30. The van der Waals surface area contributed by atoms with Gasteiger partial charge in [0.2, 0.25) is 0 Å². The molecule has 0 radical (unpaired) electrons. The first-order valence-electron chi connectivity index (χ1n) is 5.34. The lowest BCUT2D eigenvalue weighted by Gasteiger charge is -2.23. The van der Waals surface area contributed by atoms with Crippen LogP contribution in [-0.2, 0) is 10.3 Å². The number of hydrogen-bond donors (Lipinski definition) is 0. The van der Waals surface area contributed by atoms with Gasteiger partial charge in [0.15, 0.2) is 0 Å². The number of benzene rings is 1. The van der Waals surface area contributed by atoms with Crippen LogP contribution in [-0.4, -0.2) is 13.2 Å². The van der Waals surface area contributed by atoms with Gasteiger partial charge in [-0.25, -0.2) is 0 Å². The molecule has 2 atom stereocenters. The first-order valence-corrected chi connectivity index (χ1v) is 5.34. The van der Waals surface area contributed by atoms with Gasteiger partial charge in [-0.15, -0.1) is 0 Å². The number of hydrogen-bond acceptors (Lipinski definition) is 2. The van der Waals surface area contributed by atoms with Crippen LogP contribution in [0.25, 0.3) is 0 Å². The summed E-state index contributed by atoms with van der Waals surface area (Å²) in [5.74, 6) is 0.897. The van der Waals surface area contributed by atoms with E-state index in [4.69, 9.17) is 9.47 Å². The van der Waals surface area contributed by atoms with Crippen molar-refractivity contribution in [2.75, 3.05) is 7.11 Å². The van der Waals surface area contributed by atoms with Crippen molar-refractivity contribution in [3.8, 4) is 5.75 Å². The first-order chi connectivity index (χ1) is 7.32. The van der Waals surface area contributed by atoms with Crippen LogP contribution in [0.5, 0.6) is 5.75 Å². The molecule has 1 saturated heterocycles. The SMILES string of the molecule is COc1cccc(C23C=CC(CC2)O3)c1. The van der Waals surface area contributed by atoms with Gasteiger partial charge in [-0.05, 0) is 36.6 Å². The zero-order valence-electron chi connectivity index (χ0n) is 8.77. The van der Waals surface area contributed by atoms with E-state index in [0.717, 1.165) is 18.6 Å². The van der Waals surface area contributed by atoms with E-state index in [2.05, 4.69) is 24.3 Å². The third-order valence-corrected chi connectivity index (χ3v) is 3.30. The second-order valence-corrected chi connectivity index (χ2v) is 4.18. The lowest BCUT2D eigenvalue weighted by Crippen LogP contribution is -2.19. The van der Waals surface area contributed by atoms with Gasteiger partial charge in [0.05, 0.1) is 13.2 Å². The van der Waals surface area contributed by atoms with Crippen molar-refractivity contribution in [3.05, 3.63) is 42.0 Å². The molecule has 0 saturated carbocycles. The molecule has 1 aromatic carbocycles. The molecule has 2 aliphatic rings. The Labute approximate surface area is 89.5 Å². The molecule has 2 heterocycles. The van der Waals surface area contributed by atoms with Crippen LogP contribution in [0.3, 0.4) is 0 Å². The molecular weight excluding hydrogens is 188 g/mol. The topological polar surface area (TPSA) is 18.5 Å². The molecule has 3 rings (SSSR count). The van der Waals surface area contributed by atoms with Crippen molar-refractivity contribution >= 4 is 0 Å². The summed E-state index contributed by atoms with van der Waals surface area (Å²) in [6.07, 6.45) is 6.91. The Kier molecular flexibility index (Phi) is 1.86. The highest BCUT2D eigenvalue weighted by Crippen LogP contribution is 2.46. The summed E-state index contributed by atoms with van der Waals surface area (Å²) in [7, 11) is 1.69. The molecule has 1 aromatic rings. The van der Waals surface area contributed by atoms with Gasteiger partial charge < -0.3 is 9.47 Å². The van der Waals surface area contributed by atoms with Gasteiger partial charge in [0, 0.05) is 0 Å². The highest BCUT2D eigenvalue weighted by Gasteiger charge is 2.43. The maximum absolute atomic E-state index is 5.98. The van der Waals surface area contributed by atoms with Crippen LogP contribution in [0.1, 0.15) is 18.4 Å². The Morgan fingerprint density at radius 2 is 2.40 bits per heavy atom. The van der Waals surface area contributed by atoms with E-state index in [9.17, 15) is 0 Å². The molecule has 0 amide bonds. The summed E-state index contributed by atoms with van der Waals surface area (Å²) in [5, 5.41) is 0. The highest BCUT2D eigenvalue weighted by molar-refractivity contribution is 5.38. The molecule has 0 spiro atoms. The van der Waals surface area contributed by atoms with Gasteiger partial charge >= 0.3 is 0 Å². The van der Waals surface area contributed by atoms with Crippen LogP contribution in [0.4, 0.5) is 0 Å². The maximum Gasteiger partial charge on any atom is 0.119 e. The van der Waals surface area contributed by atoms with E-state index in [0.29, 0.717) is 6.10 Å². The smallest absolute Gasteiger partial charge is 0.119 e. The van der Waals surface area contributed by atoms with E-state index < -0.39 is 0 Å². The molecule has 0 aromatic heterocycles. The van der Waals surface area contributed by atoms with Gasteiger partial charge in [-0.3, -0.25) is 0 Å². The molecule has 0 aliphatic carbocycles. The zero-order valence-corrected chi connectivity index (χ0v) is 8.77. The second-order valence-electron chi connectivity index (χ2n) is 4.18. The van der Waals surface area contributed by atoms with Crippen molar-refractivity contribution < 1.29 is 9.47 Å². The van der Waals surface area contributed by atoms with E-state index in [1.54, 1.807) is 7.11 Å². The third kappa shape index (κ3) is 1.29. The highest BCUT2D eigenvalue weighted by atomic mass is 16.5. The van der Waals surface area contributed by atoms with Crippen LogP contribution in [0, 0.1) is 0 Å². The average Bonchev–Trinajstić information content (AvgIpc) is 2.90. The Bertz CT molecular complexity index is 411. The molecule has 78 valence electrons. The average molecular weight is 202 g/mol. The molecule has 2 aliphatic heterocycles. The molecule has 2 bridgehead atoms. The summed E-state index contributed by atoms with van der Waals surface area (Å²) in [5.41, 5.74) is 1.04. The van der Waals surface area contributed by atoms with Crippen LogP contribution < -0.4 is 4.74 Å². The predicted octanol–water partition coefficient (Wildman–Crippen LogP) is 2.64. The number of fused-ring (bicyclic) bond motifs is 2. The summed E-state index contributed by atoms with van der Waals surface area (Å²) in [4.78, 5) is 0. The second kappa shape index (κ2) is 3.11. The van der Waals surface area contributed by atoms with E-state index in [1.807, 2.05) is 12.1 Å². The number of rotatable bonds is 2. The van der Waals surface area contributed by atoms with Crippen molar-refractivity contribution in [1.29, 1.82) is 0 Å². The van der Waals surface area contributed by atoms with E-state index in [-0.39, 0.29) is 5.60 Å². The fourth-order valence-electron chi connectivity index (χ4n) is 2.46. The van der Waals surface area contributed by atoms with Gasteiger partial charge in [-0.2, -0.15) is 0 Å². The molecule has 2 unspecified atom stereocenters. The fourth-order valence-corrected chi connectivity index (χ4v) is 2.46. The first kappa shape index (κ1) is 8.98. The quantitative estimate of drug-likeness (QED) is 0.686. The van der Waals surface area contributed by atoms with Gasteiger partial charge in [0.25, 0.3) is 0 Å². The van der Waals surface area contributed by atoms with Crippen molar-refractivity contribution in [3.63, 3.8) is 0 Å². The van der Waals surface area contributed by atoms with Gasteiger partial charge in [-0.1, -0.05) is 18.2 Å². The Morgan fingerprint density at radius 1 is 1.47 bits per heavy atom.